The lowest BCUT2D eigenvalue weighted by Gasteiger charge is -2.23. The minimum atomic E-state index is -0.00210. The molecule has 1 fully saturated rings. The summed E-state index contributed by atoms with van der Waals surface area (Å²) in [5, 5.41) is 0. The van der Waals surface area contributed by atoms with Crippen molar-refractivity contribution in [1.29, 1.82) is 0 Å². The highest BCUT2D eigenvalue weighted by Crippen LogP contribution is 2.16. The first-order chi connectivity index (χ1) is 7.19. The molecule has 1 aliphatic rings. The minimum Gasteiger partial charge on any atom is -0.282 e. The number of likely N-dealkylation sites (tertiary alicyclic amines) is 1. The van der Waals surface area contributed by atoms with Crippen LogP contribution in [0.25, 0.3) is 0 Å². The fourth-order valence-electron chi connectivity index (χ4n) is 1.74. The van der Waals surface area contributed by atoms with E-state index in [1.54, 1.807) is 0 Å². The second-order valence-electron chi connectivity index (χ2n) is 4.06. The van der Waals surface area contributed by atoms with Gasteiger partial charge in [-0.1, -0.05) is 13.3 Å². The summed E-state index contributed by atoms with van der Waals surface area (Å²) in [6, 6.07) is 0. The summed E-state index contributed by atoms with van der Waals surface area (Å²) in [6.07, 6.45) is 3.70. The number of rotatable bonds is 4. The quantitative estimate of drug-likeness (QED) is 0.590. The molecule has 0 saturated carbocycles. The lowest BCUT2D eigenvalue weighted by Crippen LogP contribution is -2.39. The highest BCUT2D eigenvalue weighted by atomic mass is 32.1. The van der Waals surface area contributed by atoms with Crippen LogP contribution < -0.4 is 0 Å². The average Bonchev–Trinajstić information content (AvgIpc) is 2.39. The molecule has 86 valence electrons. The molecular weight excluding hydrogens is 210 g/mol. The van der Waals surface area contributed by atoms with Crippen LogP contribution in [0.2, 0.25) is 0 Å². The van der Waals surface area contributed by atoms with Gasteiger partial charge in [0.1, 0.15) is 0 Å². The van der Waals surface area contributed by atoms with Gasteiger partial charge >= 0.3 is 0 Å². The molecule has 1 atom stereocenters. The first-order valence-electron chi connectivity index (χ1n) is 5.63. The van der Waals surface area contributed by atoms with Crippen LogP contribution in [0, 0.1) is 5.92 Å². The third-order valence-electron chi connectivity index (χ3n) is 2.91. The van der Waals surface area contributed by atoms with Gasteiger partial charge in [-0.05, 0) is 24.5 Å². The number of thiol groups is 1. The molecule has 1 rings (SSSR count). The van der Waals surface area contributed by atoms with E-state index < -0.39 is 0 Å². The summed E-state index contributed by atoms with van der Waals surface area (Å²) in [5.74, 6) is 1.06. The van der Waals surface area contributed by atoms with Crippen molar-refractivity contribution in [3.05, 3.63) is 0 Å². The normalized spacial score (nSPS) is 20.3. The lowest BCUT2D eigenvalue weighted by molar-refractivity contribution is -0.144. The standard InChI is InChI=1S/C11H19NO2S/c1-2-9(8-15)7-12-10(13)5-3-4-6-11(12)14/h9,15H,2-8H2,1H3. The molecule has 0 aromatic heterocycles. The van der Waals surface area contributed by atoms with E-state index in [0.29, 0.717) is 25.3 Å². The van der Waals surface area contributed by atoms with Crippen molar-refractivity contribution in [2.75, 3.05) is 12.3 Å². The molecule has 0 aromatic rings. The first kappa shape index (κ1) is 12.6. The zero-order valence-corrected chi connectivity index (χ0v) is 10.1. The maximum Gasteiger partial charge on any atom is 0.229 e. The van der Waals surface area contributed by atoms with E-state index in [-0.39, 0.29) is 11.8 Å². The van der Waals surface area contributed by atoms with Crippen molar-refractivity contribution in [3.63, 3.8) is 0 Å². The molecule has 3 nitrogen and oxygen atoms in total. The van der Waals surface area contributed by atoms with Crippen molar-refractivity contribution in [1.82, 2.24) is 4.90 Å². The fourth-order valence-corrected chi connectivity index (χ4v) is 2.11. The zero-order chi connectivity index (χ0) is 11.3. The second-order valence-corrected chi connectivity index (χ2v) is 4.43. The number of nitrogens with zero attached hydrogens (tertiary/aromatic N) is 1. The van der Waals surface area contributed by atoms with E-state index in [4.69, 9.17) is 0 Å². The summed E-state index contributed by atoms with van der Waals surface area (Å²) in [6.45, 7) is 2.62. The summed E-state index contributed by atoms with van der Waals surface area (Å²) in [4.78, 5) is 24.8. The maximum atomic E-state index is 11.7. The first-order valence-corrected chi connectivity index (χ1v) is 6.26. The summed E-state index contributed by atoms with van der Waals surface area (Å²) in [7, 11) is 0. The van der Waals surface area contributed by atoms with Crippen LogP contribution in [0.4, 0.5) is 0 Å². The Balaban J connectivity index is 2.62. The predicted octanol–water partition coefficient (Wildman–Crippen LogP) is 1.87. The van der Waals surface area contributed by atoms with E-state index in [0.717, 1.165) is 25.0 Å². The molecule has 1 aliphatic heterocycles. The van der Waals surface area contributed by atoms with Gasteiger partial charge in [0.15, 0.2) is 0 Å². The van der Waals surface area contributed by atoms with E-state index in [1.165, 1.54) is 4.90 Å². The van der Waals surface area contributed by atoms with Crippen LogP contribution in [0.15, 0.2) is 0 Å². The molecule has 0 radical (unpaired) electrons. The van der Waals surface area contributed by atoms with Crippen LogP contribution in [0.5, 0.6) is 0 Å². The Morgan fingerprint density at radius 2 is 1.80 bits per heavy atom. The van der Waals surface area contributed by atoms with Crippen LogP contribution in [-0.2, 0) is 9.59 Å². The van der Waals surface area contributed by atoms with Crippen LogP contribution in [0.1, 0.15) is 39.0 Å². The number of imide groups is 1. The SMILES string of the molecule is CCC(CS)CN1C(=O)CCCCC1=O. The third-order valence-corrected chi connectivity index (χ3v) is 3.43. The number of carbonyl (C=O) groups excluding carboxylic acids is 2. The molecule has 0 bridgehead atoms. The predicted molar refractivity (Wildman–Crippen MR) is 62.8 cm³/mol. The Kier molecular flexibility index (Phi) is 5.15. The van der Waals surface area contributed by atoms with Gasteiger partial charge in [-0.15, -0.1) is 0 Å². The third kappa shape index (κ3) is 3.52. The topological polar surface area (TPSA) is 37.4 Å². The maximum absolute atomic E-state index is 11.7. The largest absolute Gasteiger partial charge is 0.282 e. The second kappa shape index (κ2) is 6.16. The molecule has 0 N–H and O–H groups in total. The van der Waals surface area contributed by atoms with E-state index in [9.17, 15) is 9.59 Å². The van der Waals surface area contributed by atoms with Gasteiger partial charge < -0.3 is 0 Å². The number of hydrogen-bond acceptors (Lipinski definition) is 3. The van der Waals surface area contributed by atoms with Crippen molar-refractivity contribution in [2.45, 2.75) is 39.0 Å². The molecule has 0 aromatic carbocycles. The molecule has 4 heteroatoms. The van der Waals surface area contributed by atoms with Gasteiger partial charge in [-0.3, -0.25) is 14.5 Å². The van der Waals surface area contributed by atoms with Crippen molar-refractivity contribution in [3.8, 4) is 0 Å². The molecular formula is C11H19NO2S. The van der Waals surface area contributed by atoms with Crippen LogP contribution in [0.3, 0.4) is 0 Å². The highest BCUT2D eigenvalue weighted by molar-refractivity contribution is 7.80. The lowest BCUT2D eigenvalue weighted by atomic mass is 10.1. The van der Waals surface area contributed by atoms with Gasteiger partial charge in [-0.25, -0.2) is 0 Å². The number of carbonyl (C=O) groups is 2. The summed E-state index contributed by atoms with van der Waals surface area (Å²) >= 11 is 4.23. The highest BCUT2D eigenvalue weighted by Gasteiger charge is 2.25. The number of hydrogen-bond donors (Lipinski definition) is 1. The van der Waals surface area contributed by atoms with Gasteiger partial charge in [0.2, 0.25) is 11.8 Å². The van der Waals surface area contributed by atoms with Gasteiger partial charge in [-0.2, -0.15) is 12.6 Å². The molecule has 1 saturated heterocycles. The summed E-state index contributed by atoms with van der Waals surface area (Å²) in [5.41, 5.74) is 0. The zero-order valence-electron chi connectivity index (χ0n) is 9.24. The Bertz CT molecular complexity index is 221. The fraction of sp³-hybridized carbons (Fsp3) is 0.818. The molecule has 0 aliphatic carbocycles. The van der Waals surface area contributed by atoms with Crippen molar-refractivity contribution >= 4 is 24.4 Å². The molecule has 1 unspecified atom stereocenters. The van der Waals surface area contributed by atoms with Crippen LogP contribution in [-0.4, -0.2) is 29.0 Å². The monoisotopic (exact) mass is 229 g/mol. The van der Waals surface area contributed by atoms with Gasteiger partial charge in [0.25, 0.3) is 0 Å². The average molecular weight is 229 g/mol. The molecule has 2 amide bonds. The van der Waals surface area contributed by atoms with E-state index in [1.807, 2.05) is 0 Å². The Morgan fingerprint density at radius 3 is 2.20 bits per heavy atom. The number of amides is 2. The van der Waals surface area contributed by atoms with Gasteiger partial charge in [0, 0.05) is 19.4 Å². The van der Waals surface area contributed by atoms with E-state index in [2.05, 4.69) is 19.6 Å². The van der Waals surface area contributed by atoms with Crippen molar-refractivity contribution in [2.24, 2.45) is 5.92 Å². The molecule has 15 heavy (non-hydrogen) atoms. The Hall–Kier alpha value is -0.510. The summed E-state index contributed by atoms with van der Waals surface area (Å²) < 4.78 is 0. The molecule has 0 spiro atoms. The molecule has 1 heterocycles. The van der Waals surface area contributed by atoms with Gasteiger partial charge in [0.05, 0.1) is 0 Å². The minimum absolute atomic E-state index is 0.00210. The van der Waals surface area contributed by atoms with E-state index >= 15 is 0 Å². The smallest absolute Gasteiger partial charge is 0.229 e. The van der Waals surface area contributed by atoms with Crippen LogP contribution >= 0.6 is 12.6 Å². The van der Waals surface area contributed by atoms with Crippen molar-refractivity contribution < 1.29 is 9.59 Å². The Labute approximate surface area is 96.6 Å². The Morgan fingerprint density at radius 1 is 1.27 bits per heavy atom.